The SMILES string of the molecule is CC(C)COC(=O)NC[C@@H](C)OC(=O)Nc1cccc2ccccc12. The van der Waals surface area contributed by atoms with Crippen LogP contribution in [0, 0.1) is 5.92 Å². The minimum absolute atomic E-state index is 0.180. The highest BCUT2D eigenvalue weighted by atomic mass is 16.6. The number of alkyl carbamates (subject to hydrolysis) is 1. The van der Waals surface area contributed by atoms with Gasteiger partial charge in [-0.15, -0.1) is 0 Å². The number of nitrogens with one attached hydrogen (secondary N) is 2. The van der Waals surface area contributed by atoms with E-state index in [2.05, 4.69) is 10.6 Å². The van der Waals surface area contributed by atoms with Crippen LogP contribution in [0.1, 0.15) is 20.8 Å². The van der Waals surface area contributed by atoms with Crippen LogP contribution in [0.3, 0.4) is 0 Å². The van der Waals surface area contributed by atoms with E-state index in [1.807, 2.05) is 56.3 Å². The summed E-state index contributed by atoms with van der Waals surface area (Å²) in [7, 11) is 0. The van der Waals surface area contributed by atoms with E-state index in [-0.39, 0.29) is 12.5 Å². The minimum atomic E-state index is -0.568. The van der Waals surface area contributed by atoms with Crippen LogP contribution < -0.4 is 10.6 Å². The number of carbonyl (C=O) groups excluding carboxylic acids is 2. The van der Waals surface area contributed by atoms with Gasteiger partial charge in [0.05, 0.1) is 18.8 Å². The Hall–Kier alpha value is -2.76. The Labute approximate surface area is 147 Å². The van der Waals surface area contributed by atoms with E-state index in [1.165, 1.54) is 0 Å². The molecular formula is C19H24N2O4. The maximum atomic E-state index is 12.0. The first-order chi connectivity index (χ1) is 12.0. The average molecular weight is 344 g/mol. The summed E-state index contributed by atoms with van der Waals surface area (Å²) in [6.07, 6.45) is -1.57. The third kappa shape index (κ3) is 5.99. The van der Waals surface area contributed by atoms with Gasteiger partial charge in [0.2, 0.25) is 0 Å². The summed E-state index contributed by atoms with van der Waals surface area (Å²) in [6.45, 7) is 6.14. The van der Waals surface area contributed by atoms with Crippen LogP contribution in [0.5, 0.6) is 0 Å². The van der Waals surface area contributed by atoms with E-state index in [0.717, 1.165) is 10.8 Å². The molecule has 2 N–H and O–H groups in total. The molecule has 2 rings (SSSR count). The molecule has 2 amide bonds. The lowest BCUT2D eigenvalue weighted by Crippen LogP contribution is -2.35. The Bertz CT molecular complexity index is 725. The number of hydrogen-bond donors (Lipinski definition) is 2. The fourth-order valence-corrected chi connectivity index (χ4v) is 2.22. The zero-order chi connectivity index (χ0) is 18.2. The molecule has 0 saturated carbocycles. The molecule has 0 aliphatic carbocycles. The zero-order valence-electron chi connectivity index (χ0n) is 14.7. The number of anilines is 1. The molecule has 25 heavy (non-hydrogen) atoms. The number of fused-ring (bicyclic) bond motifs is 1. The molecule has 0 fully saturated rings. The first kappa shape index (κ1) is 18.6. The van der Waals surface area contributed by atoms with Crippen molar-refractivity contribution >= 4 is 28.6 Å². The van der Waals surface area contributed by atoms with Gasteiger partial charge in [-0.3, -0.25) is 5.32 Å². The van der Waals surface area contributed by atoms with E-state index in [0.29, 0.717) is 12.3 Å². The Kier molecular flexibility index (Phi) is 6.62. The molecule has 0 saturated heterocycles. The lowest BCUT2D eigenvalue weighted by atomic mass is 10.1. The zero-order valence-corrected chi connectivity index (χ0v) is 14.7. The molecule has 1 atom stereocenters. The molecule has 2 aromatic rings. The molecule has 0 unspecified atom stereocenters. The van der Waals surface area contributed by atoms with Crippen molar-refractivity contribution in [1.82, 2.24) is 5.32 Å². The van der Waals surface area contributed by atoms with Crippen molar-refractivity contribution in [3.8, 4) is 0 Å². The average Bonchev–Trinajstić information content (AvgIpc) is 2.58. The normalized spacial score (nSPS) is 11.8. The molecule has 0 spiro atoms. The van der Waals surface area contributed by atoms with E-state index in [9.17, 15) is 9.59 Å². The molecule has 0 heterocycles. The van der Waals surface area contributed by atoms with E-state index < -0.39 is 18.3 Å². The Balaban J connectivity index is 1.82. The second kappa shape index (κ2) is 8.92. The van der Waals surface area contributed by atoms with Crippen molar-refractivity contribution in [3.63, 3.8) is 0 Å². The highest BCUT2D eigenvalue weighted by Crippen LogP contribution is 2.23. The summed E-state index contributed by atoms with van der Waals surface area (Å²) in [6, 6.07) is 13.4. The summed E-state index contributed by atoms with van der Waals surface area (Å²) >= 11 is 0. The van der Waals surface area contributed by atoms with Crippen molar-refractivity contribution in [1.29, 1.82) is 0 Å². The molecule has 0 aromatic heterocycles. The standard InChI is InChI=1S/C19H24N2O4/c1-13(2)12-24-18(22)20-11-14(3)25-19(23)21-17-10-6-8-15-7-4-5-9-16(15)17/h4-10,13-14H,11-12H2,1-3H3,(H,20,22)(H,21,23)/t14-/m1/s1. The Morgan fingerprint density at radius 1 is 1.00 bits per heavy atom. The number of carbonyl (C=O) groups is 2. The van der Waals surface area contributed by atoms with Gasteiger partial charge in [0.25, 0.3) is 0 Å². The summed E-state index contributed by atoms with van der Waals surface area (Å²) in [5, 5.41) is 7.27. The highest BCUT2D eigenvalue weighted by molar-refractivity contribution is 6.00. The molecule has 0 radical (unpaired) electrons. The Morgan fingerprint density at radius 2 is 1.72 bits per heavy atom. The van der Waals surface area contributed by atoms with Crippen LogP contribution in [0.25, 0.3) is 10.8 Å². The van der Waals surface area contributed by atoms with Crippen LogP contribution in [0.4, 0.5) is 15.3 Å². The summed E-state index contributed by atoms with van der Waals surface area (Å²) in [5.41, 5.74) is 0.680. The maximum absolute atomic E-state index is 12.0. The minimum Gasteiger partial charge on any atom is -0.449 e. The van der Waals surface area contributed by atoms with Crippen LogP contribution in [0.2, 0.25) is 0 Å². The number of rotatable bonds is 6. The second-order valence-electron chi connectivity index (χ2n) is 6.24. The van der Waals surface area contributed by atoms with E-state index >= 15 is 0 Å². The molecule has 0 aliphatic rings. The molecule has 2 aromatic carbocycles. The summed E-state index contributed by atoms with van der Waals surface area (Å²) in [5.74, 6) is 0.269. The lowest BCUT2D eigenvalue weighted by molar-refractivity contribution is 0.107. The topological polar surface area (TPSA) is 76.7 Å². The maximum Gasteiger partial charge on any atom is 0.411 e. The number of ether oxygens (including phenoxy) is 2. The smallest absolute Gasteiger partial charge is 0.411 e. The molecule has 6 nitrogen and oxygen atoms in total. The van der Waals surface area contributed by atoms with Gasteiger partial charge >= 0.3 is 12.2 Å². The van der Waals surface area contributed by atoms with Gasteiger partial charge in [0, 0.05) is 5.39 Å². The van der Waals surface area contributed by atoms with Gasteiger partial charge in [-0.2, -0.15) is 0 Å². The van der Waals surface area contributed by atoms with E-state index in [4.69, 9.17) is 9.47 Å². The van der Waals surface area contributed by atoms with E-state index in [1.54, 1.807) is 6.92 Å². The van der Waals surface area contributed by atoms with Gasteiger partial charge in [0.1, 0.15) is 6.10 Å². The predicted molar refractivity (Wildman–Crippen MR) is 97.7 cm³/mol. The quantitative estimate of drug-likeness (QED) is 0.825. The van der Waals surface area contributed by atoms with Crippen LogP contribution in [0.15, 0.2) is 42.5 Å². The van der Waals surface area contributed by atoms with Crippen molar-refractivity contribution in [2.24, 2.45) is 5.92 Å². The molecule has 0 aliphatic heterocycles. The fraction of sp³-hybridized carbons (Fsp3) is 0.368. The van der Waals surface area contributed by atoms with Gasteiger partial charge in [-0.25, -0.2) is 9.59 Å². The van der Waals surface area contributed by atoms with Crippen molar-refractivity contribution < 1.29 is 19.1 Å². The number of benzene rings is 2. The van der Waals surface area contributed by atoms with Crippen molar-refractivity contribution in [2.75, 3.05) is 18.5 Å². The number of amides is 2. The third-order valence-corrected chi connectivity index (χ3v) is 3.42. The largest absolute Gasteiger partial charge is 0.449 e. The van der Waals surface area contributed by atoms with Crippen LogP contribution in [-0.4, -0.2) is 31.4 Å². The highest BCUT2D eigenvalue weighted by Gasteiger charge is 2.13. The summed E-state index contributed by atoms with van der Waals surface area (Å²) in [4.78, 5) is 23.5. The summed E-state index contributed by atoms with van der Waals surface area (Å²) < 4.78 is 10.3. The van der Waals surface area contributed by atoms with Gasteiger partial charge in [-0.05, 0) is 24.3 Å². The fourth-order valence-electron chi connectivity index (χ4n) is 2.22. The number of hydrogen-bond acceptors (Lipinski definition) is 4. The van der Waals surface area contributed by atoms with Crippen LogP contribution in [-0.2, 0) is 9.47 Å². The first-order valence-corrected chi connectivity index (χ1v) is 8.31. The predicted octanol–water partition coefficient (Wildman–Crippen LogP) is 4.16. The van der Waals surface area contributed by atoms with Gasteiger partial charge in [0.15, 0.2) is 0 Å². The van der Waals surface area contributed by atoms with Crippen molar-refractivity contribution in [3.05, 3.63) is 42.5 Å². The molecule has 134 valence electrons. The third-order valence-electron chi connectivity index (χ3n) is 3.42. The van der Waals surface area contributed by atoms with Crippen LogP contribution >= 0.6 is 0 Å². The Morgan fingerprint density at radius 3 is 2.48 bits per heavy atom. The monoisotopic (exact) mass is 344 g/mol. The molecule has 6 heteroatoms. The molecule has 0 bridgehead atoms. The second-order valence-corrected chi connectivity index (χ2v) is 6.24. The molecular weight excluding hydrogens is 320 g/mol. The first-order valence-electron chi connectivity index (χ1n) is 8.31. The lowest BCUT2D eigenvalue weighted by Gasteiger charge is -2.16. The van der Waals surface area contributed by atoms with Gasteiger partial charge in [-0.1, -0.05) is 50.2 Å². The van der Waals surface area contributed by atoms with Crippen molar-refractivity contribution in [2.45, 2.75) is 26.9 Å². The van der Waals surface area contributed by atoms with Gasteiger partial charge < -0.3 is 14.8 Å².